The first-order valence-electron chi connectivity index (χ1n) is 5.68. The van der Waals surface area contributed by atoms with Crippen LogP contribution in [0.25, 0.3) is 0 Å². The Bertz CT molecular complexity index is 439. The number of rotatable bonds is 6. The van der Waals surface area contributed by atoms with Crippen LogP contribution in [0.4, 0.5) is 0 Å². The lowest BCUT2D eigenvalue weighted by atomic mass is 10.1. The minimum Gasteiger partial charge on any atom is -0.496 e. The van der Waals surface area contributed by atoms with E-state index in [0.717, 1.165) is 12.8 Å². The third-order valence-electron chi connectivity index (χ3n) is 2.40. The van der Waals surface area contributed by atoms with Crippen molar-refractivity contribution in [1.29, 1.82) is 0 Å². The summed E-state index contributed by atoms with van der Waals surface area (Å²) in [6, 6.07) is 4.12. The predicted molar refractivity (Wildman–Crippen MR) is 65.1 cm³/mol. The van der Waals surface area contributed by atoms with Crippen LogP contribution in [-0.2, 0) is 4.74 Å². The third kappa shape index (κ3) is 3.48. The van der Waals surface area contributed by atoms with Crippen LogP contribution in [0.15, 0.2) is 18.2 Å². The van der Waals surface area contributed by atoms with Gasteiger partial charge in [-0.05, 0) is 24.6 Å². The largest absolute Gasteiger partial charge is 0.496 e. The summed E-state index contributed by atoms with van der Waals surface area (Å²) in [6.45, 7) is 2.36. The number of benzene rings is 1. The van der Waals surface area contributed by atoms with Gasteiger partial charge in [0, 0.05) is 0 Å². The topological polar surface area (TPSA) is 72.8 Å². The molecule has 0 aliphatic carbocycles. The number of hydrogen-bond acceptors (Lipinski definition) is 4. The molecule has 0 unspecified atom stereocenters. The van der Waals surface area contributed by atoms with Crippen LogP contribution in [0.5, 0.6) is 5.75 Å². The molecule has 5 nitrogen and oxygen atoms in total. The lowest BCUT2D eigenvalue weighted by Gasteiger charge is -2.08. The molecule has 0 spiro atoms. The van der Waals surface area contributed by atoms with Crippen molar-refractivity contribution < 1.29 is 24.2 Å². The van der Waals surface area contributed by atoms with Crippen molar-refractivity contribution in [3.05, 3.63) is 29.3 Å². The average molecular weight is 252 g/mol. The third-order valence-corrected chi connectivity index (χ3v) is 2.40. The summed E-state index contributed by atoms with van der Waals surface area (Å²) in [6.07, 6.45) is 1.74. The minimum absolute atomic E-state index is 0.0163. The molecule has 1 aromatic rings. The quantitative estimate of drug-likeness (QED) is 0.621. The highest BCUT2D eigenvalue weighted by Crippen LogP contribution is 2.20. The highest BCUT2D eigenvalue weighted by atomic mass is 16.5. The number of unbranched alkanes of at least 4 members (excludes halogenated alkanes) is 1. The Hall–Kier alpha value is -2.04. The molecule has 0 aromatic heterocycles. The highest BCUT2D eigenvalue weighted by Gasteiger charge is 2.15. The first-order chi connectivity index (χ1) is 8.60. The maximum Gasteiger partial charge on any atom is 0.339 e. The molecule has 0 fully saturated rings. The standard InChI is InChI=1S/C13H16O5/c1-3-4-7-18-13(16)9-5-6-10(12(14)15)11(8-9)17-2/h5-6,8H,3-4,7H2,1-2H3,(H,14,15). The molecule has 0 heterocycles. The summed E-state index contributed by atoms with van der Waals surface area (Å²) in [7, 11) is 1.36. The van der Waals surface area contributed by atoms with Crippen molar-refractivity contribution in [2.45, 2.75) is 19.8 Å². The van der Waals surface area contributed by atoms with Crippen molar-refractivity contribution in [3.63, 3.8) is 0 Å². The highest BCUT2D eigenvalue weighted by molar-refractivity contribution is 5.95. The number of methoxy groups -OCH3 is 1. The zero-order valence-electron chi connectivity index (χ0n) is 10.4. The molecule has 0 radical (unpaired) electrons. The van der Waals surface area contributed by atoms with Crippen LogP contribution >= 0.6 is 0 Å². The maximum absolute atomic E-state index is 11.6. The molecule has 0 aliphatic rings. The summed E-state index contributed by atoms with van der Waals surface area (Å²) in [5, 5.41) is 8.90. The molecular weight excluding hydrogens is 236 g/mol. The molecule has 0 aliphatic heterocycles. The monoisotopic (exact) mass is 252 g/mol. The number of carboxylic acid groups (broad SMARTS) is 1. The Morgan fingerprint density at radius 2 is 2.06 bits per heavy atom. The normalized spacial score (nSPS) is 9.89. The van der Waals surface area contributed by atoms with Crippen molar-refractivity contribution >= 4 is 11.9 Å². The molecule has 1 N–H and O–H groups in total. The van der Waals surface area contributed by atoms with E-state index in [9.17, 15) is 9.59 Å². The fraction of sp³-hybridized carbons (Fsp3) is 0.385. The van der Waals surface area contributed by atoms with E-state index in [2.05, 4.69) is 0 Å². The van der Waals surface area contributed by atoms with Crippen molar-refractivity contribution in [3.8, 4) is 5.75 Å². The summed E-state index contributed by atoms with van der Waals surface area (Å²) in [5.41, 5.74) is 0.301. The smallest absolute Gasteiger partial charge is 0.339 e. The minimum atomic E-state index is -1.10. The van der Waals surface area contributed by atoms with E-state index in [-0.39, 0.29) is 16.9 Å². The van der Waals surface area contributed by atoms with E-state index in [4.69, 9.17) is 14.6 Å². The van der Waals surface area contributed by atoms with E-state index in [1.807, 2.05) is 6.92 Å². The van der Waals surface area contributed by atoms with Gasteiger partial charge >= 0.3 is 11.9 Å². The molecule has 0 saturated heterocycles. The number of hydrogen-bond donors (Lipinski definition) is 1. The van der Waals surface area contributed by atoms with E-state index >= 15 is 0 Å². The molecule has 0 bridgehead atoms. The zero-order valence-corrected chi connectivity index (χ0v) is 10.4. The fourth-order valence-electron chi connectivity index (χ4n) is 1.39. The first-order valence-corrected chi connectivity index (χ1v) is 5.68. The Labute approximate surface area is 105 Å². The molecule has 5 heteroatoms. The summed E-state index contributed by atoms with van der Waals surface area (Å²) in [5.74, 6) is -1.43. The van der Waals surface area contributed by atoms with Crippen LogP contribution in [0.1, 0.15) is 40.5 Å². The molecule has 0 saturated carbocycles. The molecule has 18 heavy (non-hydrogen) atoms. The van der Waals surface area contributed by atoms with Gasteiger partial charge in [-0.3, -0.25) is 0 Å². The van der Waals surface area contributed by atoms with Crippen molar-refractivity contribution in [2.24, 2.45) is 0 Å². The van der Waals surface area contributed by atoms with Gasteiger partial charge in [-0.15, -0.1) is 0 Å². The molecule has 0 amide bonds. The van der Waals surface area contributed by atoms with Gasteiger partial charge in [-0.25, -0.2) is 9.59 Å². The SMILES string of the molecule is CCCCOC(=O)c1ccc(C(=O)O)c(OC)c1. The first kappa shape index (κ1) is 14.0. The van der Waals surface area contributed by atoms with Gasteiger partial charge in [0.1, 0.15) is 11.3 Å². The predicted octanol–water partition coefficient (Wildman–Crippen LogP) is 2.35. The van der Waals surface area contributed by atoms with Crippen LogP contribution in [0.2, 0.25) is 0 Å². The Morgan fingerprint density at radius 3 is 2.61 bits per heavy atom. The number of ether oxygens (including phenoxy) is 2. The average Bonchev–Trinajstić information content (AvgIpc) is 2.37. The molecule has 1 rings (SSSR count). The van der Waals surface area contributed by atoms with Crippen molar-refractivity contribution in [1.82, 2.24) is 0 Å². The Kier molecular flexibility index (Phi) is 5.17. The van der Waals surface area contributed by atoms with Gasteiger partial charge in [0.15, 0.2) is 0 Å². The van der Waals surface area contributed by atoms with E-state index in [1.54, 1.807) is 0 Å². The number of carbonyl (C=O) groups excluding carboxylic acids is 1. The van der Waals surface area contributed by atoms with Crippen LogP contribution in [0.3, 0.4) is 0 Å². The van der Waals surface area contributed by atoms with Crippen LogP contribution in [-0.4, -0.2) is 30.8 Å². The van der Waals surface area contributed by atoms with Gasteiger partial charge in [-0.2, -0.15) is 0 Å². The number of aromatic carboxylic acids is 1. The van der Waals surface area contributed by atoms with Gasteiger partial charge in [0.2, 0.25) is 0 Å². The van der Waals surface area contributed by atoms with E-state index in [1.165, 1.54) is 25.3 Å². The summed E-state index contributed by atoms with van der Waals surface area (Å²) in [4.78, 5) is 22.5. The fourth-order valence-corrected chi connectivity index (χ4v) is 1.39. The van der Waals surface area contributed by atoms with Crippen LogP contribution < -0.4 is 4.74 Å². The molecular formula is C13H16O5. The lowest BCUT2D eigenvalue weighted by molar-refractivity contribution is 0.0498. The number of esters is 1. The van der Waals surface area contributed by atoms with Gasteiger partial charge in [-0.1, -0.05) is 13.3 Å². The zero-order chi connectivity index (χ0) is 13.5. The van der Waals surface area contributed by atoms with Gasteiger partial charge in [0.05, 0.1) is 19.3 Å². The maximum atomic E-state index is 11.6. The van der Waals surface area contributed by atoms with Gasteiger partial charge < -0.3 is 14.6 Å². The number of carboxylic acids is 1. The van der Waals surface area contributed by atoms with Gasteiger partial charge in [0.25, 0.3) is 0 Å². The second kappa shape index (κ2) is 6.64. The molecule has 98 valence electrons. The van der Waals surface area contributed by atoms with Crippen LogP contribution in [0, 0.1) is 0 Å². The second-order valence-electron chi connectivity index (χ2n) is 3.71. The lowest BCUT2D eigenvalue weighted by Crippen LogP contribution is -2.08. The number of carbonyl (C=O) groups is 2. The molecule has 0 atom stereocenters. The Morgan fingerprint density at radius 1 is 1.33 bits per heavy atom. The Balaban J connectivity index is 2.85. The van der Waals surface area contributed by atoms with Crippen molar-refractivity contribution in [2.75, 3.05) is 13.7 Å². The summed E-state index contributed by atoms with van der Waals surface area (Å²) >= 11 is 0. The van der Waals surface area contributed by atoms with E-state index < -0.39 is 11.9 Å². The summed E-state index contributed by atoms with van der Waals surface area (Å²) < 4.78 is 9.96. The van der Waals surface area contributed by atoms with E-state index in [0.29, 0.717) is 6.61 Å². The second-order valence-corrected chi connectivity index (χ2v) is 3.71. The molecule has 1 aromatic carbocycles.